The average molecular weight is 325 g/mol. The van der Waals surface area contributed by atoms with E-state index in [1.165, 1.54) is 10.3 Å². The van der Waals surface area contributed by atoms with Gasteiger partial charge in [0, 0.05) is 36.1 Å². The molecule has 0 bridgehead atoms. The van der Waals surface area contributed by atoms with Crippen LogP contribution in [0.3, 0.4) is 0 Å². The lowest BCUT2D eigenvalue weighted by atomic mass is 10.2. The topological polar surface area (TPSA) is 17.0 Å². The van der Waals surface area contributed by atoms with Crippen LogP contribution in [0.2, 0.25) is 9.36 Å². The van der Waals surface area contributed by atoms with E-state index >= 15 is 0 Å². The van der Waals surface area contributed by atoms with Gasteiger partial charge in [-0.3, -0.25) is 0 Å². The molecular formula is C15H14Cl2N2S. The third kappa shape index (κ3) is 3.01. The second-order valence-electron chi connectivity index (χ2n) is 4.57. The van der Waals surface area contributed by atoms with Gasteiger partial charge in [0.2, 0.25) is 0 Å². The van der Waals surface area contributed by atoms with Crippen LogP contribution in [0, 0.1) is 0 Å². The van der Waals surface area contributed by atoms with Gasteiger partial charge in [-0.2, -0.15) is 0 Å². The molecular weight excluding hydrogens is 311 g/mol. The van der Waals surface area contributed by atoms with Crippen LogP contribution in [-0.2, 0) is 13.1 Å². The van der Waals surface area contributed by atoms with E-state index in [9.17, 15) is 0 Å². The van der Waals surface area contributed by atoms with E-state index in [4.69, 9.17) is 23.2 Å². The monoisotopic (exact) mass is 324 g/mol. The standard InChI is InChI=1S/C15H14Cl2N2S/c16-13-3-1-2-11-6-8-19(15(11)13)9-7-18-10-12-4-5-14(17)20-12/h1-6,8,18H,7,9-10H2. The van der Waals surface area contributed by atoms with E-state index in [1.54, 1.807) is 11.3 Å². The van der Waals surface area contributed by atoms with Crippen LogP contribution in [-0.4, -0.2) is 11.1 Å². The van der Waals surface area contributed by atoms with Crippen LogP contribution in [0.15, 0.2) is 42.6 Å². The maximum absolute atomic E-state index is 6.26. The van der Waals surface area contributed by atoms with Crippen molar-refractivity contribution < 1.29 is 0 Å². The highest BCUT2D eigenvalue weighted by atomic mass is 35.5. The summed E-state index contributed by atoms with van der Waals surface area (Å²) in [4.78, 5) is 1.25. The zero-order valence-corrected chi connectivity index (χ0v) is 13.1. The Hall–Kier alpha value is -1.000. The Kier molecular flexibility index (Phi) is 4.32. The highest BCUT2D eigenvalue weighted by Gasteiger charge is 2.04. The lowest BCUT2D eigenvalue weighted by Gasteiger charge is -2.07. The number of hydrogen-bond acceptors (Lipinski definition) is 2. The molecule has 2 nitrogen and oxygen atoms in total. The minimum absolute atomic E-state index is 0.803. The molecule has 104 valence electrons. The molecule has 1 aromatic carbocycles. The fourth-order valence-corrected chi connectivity index (χ4v) is 3.61. The van der Waals surface area contributed by atoms with E-state index in [-0.39, 0.29) is 0 Å². The quantitative estimate of drug-likeness (QED) is 0.667. The Morgan fingerprint density at radius 3 is 2.80 bits per heavy atom. The molecule has 0 aliphatic carbocycles. The van der Waals surface area contributed by atoms with E-state index in [0.717, 1.165) is 34.5 Å². The highest BCUT2D eigenvalue weighted by molar-refractivity contribution is 7.16. The van der Waals surface area contributed by atoms with E-state index in [2.05, 4.69) is 34.3 Å². The maximum Gasteiger partial charge on any atom is 0.0931 e. The van der Waals surface area contributed by atoms with Crippen molar-refractivity contribution in [3.8, 4) is 0 Å². The minimum Gasteiger partial charge on any atom is -0.345 e. The van der Waals surface area contributed by atoms with Gasteiger partial charge in [-0.15, -0.1) is 11.3 Å². The second-order valence-corrected chi connectivity index (χ2v) is 6.78. The summed E-state index contributed by atoms with van der Waals surface area (Å²) < 4.78 is 3.02. The van der Waals surface area contributed by atoms with Crippen molar-refractivity contribution in [2.24, 2.45) is 0 Å². The summed E-state index contributed by atoms with van der Waals surface area (Å²) in [5.41, 5.74) is 1.11. The number of benzene rings is 1. The van der Waals surface area contributed by atoms with Crippen molar-refractivity contribution in [1.29, 1.82) is 0 Å². The maximum atomic E-state index is 6.26. The first-order chi connectivity index (χ1) is 9.74. The highest BCUT2D eigenvalue weighted by Crippen LogP contribution is 2.24. The number of fused-ring (bicyclic) bond motifs is 1. The van der Waals surface area contributed by atoms with Crippen LogP contribution in [0.5, 0.6) is 0 Å². The Labute approximate surface area is 131 Å². The van der Waals surface area contributed by atoms with Crippen molar-refractivity contribution in [2.75, 3.05) is 6.54 Å². The normalized spacial score (nSPS) is 11.3. The largest absolute Gasteiger partial charge is 0.345 e. The number of aromatic nitrogens is 1. The van der Waals surface area contributed by atoms with Crippen LogP contribution < -0.4 is 5.32 Å². The molecule has 3 rings (SSSR count). The summed E-state index contributed by atoms with van der Waals surface area (Å²) in [6.07, 6.45) is 2.08. The molecule has 20 heavy (non-hydrogen) atoms. The Morgan fingerprint density at radius 1 is 1.10 bits per heavy atom. The third-order valence-corrected chi connectivity index (χ3v) is 4.73. The number of hydrogen-bond donors (Lipinski definition) is 1. The molecule has 0 atom stereocenters. The number of para-hydroxylation sites is 1. The predicted molar refractivity (Wildman–Crippen MR) is 88.0 cm³/mol. The van der Waals surface area contributed by atoms with Crippen molar-refractivity contribution in [3.63, 3.8) is 0 Å². The Balaban J connectivity index is 1.60. The van der Waals surface area contributed by atoms with Crippen molar-refractivity contribution >= 4 is 45.4 Å². The fraction of sp³-hybridized carbons (Fsp3) is 0.200. The van der Waals surface area contributed by atoms with Gasteiger partial charge in [0.1, 0.15) is 0 Å². The molecule has 0 aliphatic heterocycles. The number of nitrogens with zero attached hydrogens (tertiary/aromatic N) is 1. The van der Waals surface area contributed by atoms with Crippen LogP contribution in [0.1, 0.15) is 4.88 Å². The molecule has 2 heterocycles. The SMILES string of the molecule is Clc1ccc(CNCCn2ccc3cccc(Cl)c32)s1. The van der Waals surface area contributed by atoms with Crippen molar-refractivity contribution in [2.45, 2.75) is 13.1 Å². The molecule has 0 amide bonds. The van der Waals surface area contributed by atoms with Gasteiger partial charge in [0.25, 0.3) is 0 Å². The zero-order chi connectivity index (χ0) is 13.9. The number of rotatable bonds is 5. The van der Waals surface area contributed by atoms with E-state index < -0.39 is 0 Å². The van der Waals surface area contributed by atoms with E-state index in [1.807, 2.05) is 18.2 Å². The van der Waals surface area contributed by atoms with Gasteiger partial charge >= 0.3 is 0 Å². The number of thiophene rings is 1. The zero-order valence-electron chi connectivity index (χ0n) is 10.8. The molecule has 2 aromatic heterocycles. The summed E-state index contributed by atoms with van der Waals surface area (Å²) in [6, 6.07) is 12.1. The molecule has 0 radical (unpaired) electrons. The average Bonchev–Trinajstić information content (AvgIpc) is 3.02. The molecule has 3 aromatic rings. The van der Waals surface area contributed by atoms with Gasteiger partial charge in [0.15, 0.2) is 0 Å². The first-order valence-electron chi connectivity index (χ1n) is 6.42. The summed E-state index contributed by atoms with van der Waals surface area (Å²) in [5.74, 6) is 0. The fourth-order valence-electron chi connectivity index (χ4n) is 2.26. The van der Waals surface area contributed by atoms with Crippen molar-refractivity contribution in [3.05, 3.63) is 56.8 Å². The molecule has 0 unspecified atom stereocenters. The molecule has 0 fully saturated rings. The van der Waals surface area contributed by atoms with Gasteiger partial charge in [-0.1, -0.05) is 35.3 Å². The van der Waals surface area contributed by atoms with Crippen LogP contribution >= 0.6 is 34.5 Å². The first-order valence-corrected chi connectivity index (χ1v) is 7.99. The number of halogens is 2. The third-order valence-electron chi connectivity index (χ3n) is 3.20. The summed E-state index contributed by atoms with van der Waals surface area (Å²) >= 11 is 13.8. The van der Waals surface area contributed by atoms with Crippen LogP contribution in [0.25, 0.3) is 10.9 Å². The number of nitrogens with one attached hydrogen (secondary N) is 1. The summed E-state index contributed by atoms with van der Waals surface area (Å²) in [6.45, 7) is 2.64. The first kappa shape index (κ1) is 14.0. The predicted octanol–water partition coefficient (Wildman–Crippen LogP) is 4.80. The second kappa shape index (κ2) is 6.19. The Bertz CT molecular complexity index is 718. The molecule has 0 aliphatic rings. The van der Waals surface area contributed by atoms with Gasteiger partial charge in [0.05, 0.1) is 14.9 Å². The van der Waals surface area contributed by atoms with Crippen molar-refractivity contribution in [1.82, 2.24) is 9.88 Å². The molecule has 0 saturated heterocycles. The van der Waals surface area contributed by atoms with Gasteiger partial charge in [-0.05, 0) is 24.3 Å². The van der Waals surface area contributed by atoms with Crippen LogP contribution in [0.4, 0.5) is 0 Å². The molecule has 0 saturated carbocycles. The smallest absolute Gasteiger partial charge is 0.0931 e. The van der Waals surface area contributed by atoms with E-state index in [0.29, 0.717) is 0 Å². The molecule has 1 N–H and O–H groups in total. The van der Waals surface area contributed by atoms with Gasteiger partial charge in [-0.25, -0.2) is 0 Å². The molecule has 0 spiro atoms. The van der Waals surface area contributed by atoms with Gasteiger partial charge < -0.3 is 9.88 Å². The Morgan fingerprint density at radius 2 is 2.00 bits per heavy atom. The molecule has 5 heteroatoms. The minimum atomic E-state index is 0.803. The summed E-state index contributed by atoms with van der Waals surface area (Å²) in [5, 5.41) is 5.41. The lowest BCUT2D eigenvalue weighted by molar-refractivity contribution is 0.613. The summed E-state index contributed by atoms with van der Waals surface area (Å²) in [7, 11) is 0. The lowest BCUT2D eigenvalue weighted by Crippen LogP contribution is -2.18.